The zero-order valence-electron chi connectivity index (χ0n) is 18.5. The van der Waals surface area contributed by atoms with Gasteiger partial charge in [0.25, 0.3) is 0 Å². The van der Waals surface area contributed by atoms with E-state index in [2.05, 4.69) is 22.0 Å². The first-order valence-electron chi connectivity index (χ1n) is 10.7. The molecule has 9 heteroatoms. The number of benzene rings is 3. The van der Waals surface area contributed by atoms with E-state index in [1.54, 1.807) is 6.07 Å². The number of morpholine rings is 1. The highest BCUT2D eigenvalue weighted by Gasteiger charge is 2.26. The smallest absolute Gasteiger partial charge is 0.318 e. The Morgan fingerprint density at radius 2 is 2.03 bits per heavy atom. The van der Waals surface area contributed by atoms with Crippen molar-refractivity contribution in [1.82, 2.24) is 9.97 Å². The minimum atomic E-state index is -0.714. The maximum atomic E-state index is 16.1. The zero-order valence-corrected chi connectivity index (χ0v) is 18.5. The zero-order chi connectivity index (χ0) is 24.7. The number of halogens is 2. The second-order valence-corrected chi connectivity index (χ2v) is 7.95. The van der Waals surface area contributed by atoms with Crippen LogP contribution in [0.5, 0.6) is 11.8 Å². The molecular formula is C26H18F2N4O3. The molecule has 1 aliphatic heterocycles. The van der Waals surface area contributed by atoms with Crippen LogP contribution in [0.25, 0.3) is 32.8 Å². The van der Waals surface area contributed by atoms with Crippen LogP contribution in [-0.4, -0.2) is 48.0 Å². The van der Waals surface area contributed by atoms with Crippen molar-refractivity contribution in [1.29, 1.82) is 5.26 Å². The molecule has 0 aliphatic carbocycles. The van der Waals surface area contributed by atoms with Crippen LogP contribution in [0.3, 0.4) is 0 Å². The largest absolute Gasteiger partial charge is 0.508 e. The summed E-state index contributed by atoms with van der Waals surface area (Å²) in [4.78, 5) is 10.4. The van der Waals surface area contributed by atoms with Gasteiger partial charge in [-0.2, -0.15) is 15.2 Å². The summed E-state index contributed by atoms with van der Waals surface area (Å²) in [5.74, 6) is 1.27. The van der Waals surface area contributed by atoms with Gasteiger partial charge in [0.15, 0.2) is 11.9 Å². The van der Waals surface area contributed by atoms with E-state index in [1.165, 1.54) is 37.4 Å². The van der Waals surface area contributed by atoms with Crippen LogP contribution in [0, 0.1) is 35.3 Å². The first-order valence-corrected chi connectivity index (χ1v) is 10.7. The molecule has 0 bridgehead atoms. The number of aromatic nitrogens is 2. The summed E-state index contributed by atoms with van der Waals surface area (Å²) in [5, 5.41) is 20.7. The van der Waals surface area contributed by atoms with E-state index in [0.717, 1.165) is 0 Å². The van der Waals surface area contributed by atoms with E-state index in [1.807, 2.05) is 4.90 Å². The summed E-state index contributed by atoms with van der Waals surface area (Å²) in [6.45, 7) is 0.998. The molecule has 174 valence electrons. The summed E-state index contributed by atoms with van der Waals surface area (Å²) in [5.41, 5.74) is 0.235. The van der Waals surface area contributed by atoms with Crippen molar-refractivity contribution in [3.63, 3.8) is 0 Å². The van der Waals surface area contributed by atoms with Gasteiger partial charge in [-0.25, -0.2) is 8.78 Å². The molecule has 1 N–H and O–H groups in total. The lowest BCUT2D eigenvalue weighted by Crippen LogP contribution is -2.42. The summed E-state index contributed by atoms with van der Waals surface area (Å²) in [6, 6.07) is 10.6. The number of ether oxygens (including phenoxy) is 2. The number of nitriles is 1. The van der Waals surface area contributed by atoms with E-state index < -0.39 is 17.7 Å². The number of phenolic OH excluding ortho intramolecular Hbond substituents is 1. The first kappa shape index (κ1) is 22.3. The third kappa shape index (κ3) is 3.72. The maximum Gasteiger partial charge on any atom is 0.318 e. The lowest BCUT2D eigenvalue weighted by Gasteiger charge is -2.31. The van der Waals surface area contributed by atoms with Gasteiger partial charge in [-0.05, 0) is 35.2 Å². The second-order valence-electron chi connectivity index (χ2n) is 7.95. The van der Waals surface area contributed by atoms with Crippen molar-refractivity contribution in [2.24, 2.45) is 0 Å². The predicted molar refractivity (Wildman–Crippen MR) is 126 cm³/mol. The standard InChI is InChI=1S/C26H18F2N4O3/c1-3-17-21(27)7-4-14-10-15(33)11-20(22(14)17)18-5-6-19-24(23(18)28)30-26(34-2)31-25(19)32-8-9-35-16(12-29)13-32/h1,4-7,10-11,16,33H,8-9,13H2,2H3. The number of aromatic hydroxyl groups is 1. The number of anilines is 1. The van der Waals surface area contributed by atoms with Crippen molar-refractivity contribution in [3.8, 4) is 41.3 Å². The Morgan fingerprint density at radius 1 is 1.20 bits per heavy atom. The van der Waals surface area contributed by atoms with Gasteiger partial charge in [0.2, 0.25) is 0 Å². The topological polar surface area (TPSA) is 91.5 Å². The summed E-state index contributed by atoms with van der Waals surface area (Å²) >= 11 is 0. The normalized spacial score (nSPS) is 15.7. The van der Waals surface area contributed by atoms with Gasteiger partial charge in [-0.15, -0.1) is 6.42 Å². The van der Waals surface area contributed by atoms with E-state index in [9.17, 15) is 14.8 Å². The molecule has 1 saturated heterocycles. The Balaban J connectivity index is 1.78. The molecule has 2 heterocycles. The fourth-order valence-corrected chi connectivity index (χ4v) is 4.36. The van der Waals surface area contributed by atoms with Crippen molar-refractivity contribution in [3.05, 3.63) is 53.6 Å². The van der Waals surface area contributed by atoms with E-state index >= 15 is 4.39 Å². The molecule has 1 aliphatic rings. The fraction of sp³-hybridized carbons (Fsp3) is 0.192. The van der Waals surface area contributed by atoms with Crippen molar-refractivity contribution < 1.29 is 23.4 Å². The van der Waals surface area contributed by atoms with Gasteiger partial charge < -0.3 is 19.5 Å². The molecule has 4 aromatic rings. The van der Waals surface area contributed by atoms with Gasteiger partial charge in [0.05, 0.1) is 31.9 Å². The molecule has 1 unspecified atom stereocenters. The van der Waals surface area contributed by atoms with E-state index in [-0.39, 0.29) is 40.5 Å². The molecule has 5 rings (SSSR count). The lowest BCUT2D eigenvalue weighted by molar-refractivity contribution is 0.0762. The molecular weight excluding hydrogens is 454 g/mol. The molecule has 1 aromatic heterocycles. The van der Waals surface area contributed by atoms with Crippen molar-refractivity contribution in [2.45, 2.75) is 6.10 Å². The third-order valence-corrected chi connectivity index (χ3v) is 5.94. The average molecular weight is 472 g/mol. The van der Waals surface area contributed by atoms with Crippen LogP contribution in [-0.2, 0) is 4.74 Å². The van der Waals surface area contributed by atoms with Crippen LogP contribution in [0.15, 0.2) is 36.4 Å². The van der Waals surface area contributed by atoms with Crippen molar-refractivity contribution >= 4 is 27.5 Å². The number of rotatable bonds is 3. The molecule has 0 radical (unpaired) electrons. The minimum absolute atomic E-state index is 0.0282. The predicted octanol–water partition coefficient (Wildman–Crippen LogP) is 4.15. The number of hydrogen-bond donors (Lipinski definition) is 1. The van der Waals surface area contributed by atoms with Gasteiger partial charge in [-0.1, -0.05) is 18.1 Å². The molecule has 1 fully saturated rings. The van der Waals surface area contributed by atoms with E-state index in [4.69, 9.17) is 15.9 Å². The number of terminal acetylenes is 1. The SMILES string of the molecule is C#Cc1c(F)ccc2cc(O)cc(-c3ccc4c(N5CCOC(C#N)C5)nc(OC)nc4c3F)c12. The number of methoxy groups -OCH3 is 1. The highest BCUT2D eigenvalue weighted by atomic mass is 19.1. The fourth-order valence-electron chi connectivity index (χ4n) is 4.36. The Morgan fingerprint density at radius 3 is 2.77 bits per heavy atom. The second kappa shape index (κ2) is 8.71. The molecule has 7 nitrogen and oxygen atoms in total. The van der Waals surface area contributed by atoms with Crippen LogP contribution in [0.2, 0.25) is 0 Å². The quantitative estimate of drug-likeness (QED) is 0.448. The van der Waals surface area contributed by atoms with Crippen LogP contribution >= 0.6 is 0 Å². The van der Waals surface area contributed by atoms with Crippen LogP contribution in [0.1, 0.15) is 5.56 Å². The number of nitrogens with zero attached hydrogens (tertiary/aromatic N) is 4. The Bertz CT molecular complexity index is 1580. The highest BCUT2D eigenvalue weighted by Crippen LogP contribution is 2.40. The first-order chi connectivity index (χ1) is 16.9. The Hall–Kier alpha value is -4.47. The summed E-state index contributed by atoms with van der Waals surface area (Å²) in [7, 11) is 1.37. The number of hydrogen-bond acceptors (Lipinski definition) is 7. The third-order valence-electron chi connectivity index (χ3n) is 5.94. The monoisotopic (exact) mass is 472 g/mol. The maximum absolute atomic E-state index is 16.1. The van der Waals surface area contributed by atoms with Crippen LogP contribution < -0.4 is 9.64 Å². The number of fused-ring (bicyclic) bond motifs is 2. The molecule has 3 aromatic carbocycles. The average Bonchev–Trinajstić information content (AvgIpc) is 2.88. The van der Waals surface area contributed by atoms with Crippen LogP contribution in [0.4, 0.5) is 14.6 Å². The van der Waals surface area contributed by atoms with Gasteiger partial charge >= 0.3 is 6.01 Å². The Kier molecular flexibility index (Phi) is 5.56. The van der Waals surface area contributed by atoms with Gasteiger partial charge in [0.1, 0.15) is 22.9 Å². The molecule has 35 heavy (non-hydrogen) atoms. The van der Waals surface area contributed by atoms with E-state index in [0.29, 0.717) is 35.1 Å². The van der Waals surface area contributed by atoms with Crippen molar-refractivity contribution in [2.75, 3.05) is 31.7 Å². The van der Waals surface area contributed by atoms with Gasteiger partial charge in [0, 0.05) is 22.9 Å². The molecule has 0 saturated carbocycles. The highest BCUT2D eigenvalue weighted by molar-refractivity contribution is 6.04. The van der Waals surface area contributed by atoms with Gasteiger partial charge in [-0.3, -0.25) is 0 Å². The Labute approximate surface area is 199 Å². The summed E-state index contributed by atoms with van der Waals surface area (Å²) < 4.78 is 41.2. The summed E-state index contributed by atoms with van der Waals surface area (Å²) in [6.07, 6.45) is 4.92. The minimum Gasteiger partial charge on any atom is -0.508 e. The molecule has 1 atom stereocenters. The molecule has 0 spiro atoms. The lowest BCUT2D eigenvalue weighted by atomic mass is 9.93. The number of phenols is 1. The molecule has 0 amide bonds.